The first-order valence-electron chi connectivity index (χ1n) is 10.9. The Kier molecular flexibility index (Phi) is 7.67. The maximum Gasteiger partial charge on any atom is 0.369 e. The number of hydrogen-bond donors (Lipinski definition) is 5. The van der Waals surface area contributed by atoms with Crippen LogP contribution in [0.15, 0.2) is 0 Å². The van der Waals surface area contributed by atoms with Gasteiger partial charge < -0.3 is 34.8 Å². The smallest absolute Gasteiger partial charge is 0.369 e. The third kappa shape index (κ3) is 5.45. The van der Waals surface area contributed by atoms with Crippen LogP contribution in [0, 0.1) is 0 Å². The van der Waals surface area contributed by atoms with Gasteiger partial charge in [0.1, 0.15) is 18.3 Å². The molecule has 5 atom stereocenters. The molecule has 1 unspecified atom stereocenters. The van der Waals surface area contributed by atoms with Gasteiger partial charge in [0.25, 0.3) is 5.18 Å². The number of aliphatic hydroxyl groups excluding tert-OH is 2. The van der Waals surface area contributed by atoms with Crippen molar-refractivity contribution in [1.29, 1.82) is 0 Å². The van der Waals surface area contributed by atoms with Crippen LogP contribution >= 0.6 is 19.2 Å². The lowest BCUT2D eigenvalue weighted by Crippen LogP contribution is -2.36. The van der Waals surface area contributed by atoms with E-state index in [1.807, 2.05) is 0 Å². The van der Waals surface area contributed by atoms with E-state index in [9.17, 15) is 33.0 Å². The molecule has 0 radical (unpaired) electrons. The van der Waals surface area contributed by atoms with E-state index in [-0.39, 0.29) is 22.5 Å². The summed E-state index contributed by atoms with van der Waals surface area (Å²) >= 11 is 6.09. The minimum atomic E-state index is -5.20. The fourth-order valence-corrected chi connectivity index (χ4v) is 7.27. The normalized spacial score (nSPS) is 27.0. The molecule has 4 rings (SSSR count). The summed E-state index contributed by atoms with van der Waals surface area (Å²) in [7, 11) is -9.50. The Labute approximate surface area is 204 Å². The van der Waals surface area contributed by atoms with Crippen LogP contribution in [0.4, 0.5) is 5.82 Å². The van der Waals surface area contributed by atoms with E-state index in [1.54, 1.807) is 0 Å². The standard InChI is InChI=1S/C17H26ClN6O9PS/c1-2-35(30,31)17(34(27,28)29)32-7-9-11(25)12(26)15(33-9)24-14-10(22-23-24)13(20-16(18)21-14)19-8-5-3-4-6-8/h8-9,11-12,15,17,25-26H,2-7H2,1H3,(H,19,20,21)(H2,27,28,29)/t9-,11-,12-,15-,17?/m1/s1. The van der Waals surface area contributed by atoms with Gasteiger partial charge in [0.15, 0.2) is 33.0 Å². The van der Waals surface area contributed by atoms with Crippen LogP contribution in [-0.4, -0.2) is 95.3 Å². The molecule has 0 amide bonds. The topological polar surface area (TPSA) is 219 Å². The number of rotatable bonds is 9. The van der Waals surface area contributed by atoms with Gasteiger partial charge >= 0.3 is 7.60 Å². The van der Waals surface area contributed by atoms with Crippen molar-refractivity contribution in [3.63, 3.8) is 0 Å². The maximum atomic E-state index is 12.1. The summed E-state index contributed by atoms with van der Waals surface area (Å²) in [5.74, 6) is -0.217. The number of nitrogens with one attached hydrogen (secondary N) is 1. The molecule has 1 saturated carbocycles. The number of fused-ring (bicyclic) bond motifs is 1. The summed E-state index contributed by atoms with van der Waals surface area (Å²) in [4.78, 5) is 27.1. The van der Waals surface area contributed by atoms with Crippen molar-refractivity contribution in [3.05, 3.63) is 5.28 Å². The second-order valence-corrected chi connectivity index (χ2v) is 13.1. The molecule has 0 spiro atoms. The van der Waals surface area contributed by atoms with Gasteiger partial charge in [-0.05, 0) is 24.4 Å². The first-order chi connectivity index (χ1) is 16.4. The predicted molar refractivity (Wildman–Crippen MR) is 121 cm³/mol. The average molecular weight is 557 g/mol. The van der Waals surface area contributed by atoms with Crippen molar-refractivity contribution >= 4 is 46.0 Å². The quantitative estimate of drug-likeness (QED) is 0.199. The number of aromatic nitrogens is 5. The van der Waals surface area contributed by atoms with Crippen molar-refractivity contribution in [2.24, 2.45) is 0 Å². The summed E-state index contributed by atoms with van der Waals surface area (Å²) in [5, 5.41) is 29.8. The molecule has 0 aromatic carbocycles. The van der Waals surface area contributed by atoms with Crippen molar-refractivity contribution < 1.29 is 42.5 Å². The Balaban J connectivity index is 1.56. The molecule has 1 aliphatic heterocycles. The van der Waals surface area contributed by atoms with Gasteiger partial charge in [-0.15, -0.1) is 5.10 Å². The third-order valence-electron chi connectivity index (χ3n) is 5.96. The van der Waals surface area contributed by atoms with Crippen LogP contribution < -0.4 is 5.32 Å². The summed E-state index contributed by atoms with van der Waals surface area (Å²) < 4.78 is 47.5. The number of halogens is 1. The monoisotopic (exact) mass is 556 g/mol. The van der Waals surface area contributed by atoms with Gasteiger partial charge in [-0.25, -0.2) is 8.42 Å². The van der Waals surface area contributed by atoms with E-state index < -0.39 is 59.5 Å². The van der Waals surface area contributed by atoms with Crippen molar-refractivity contribution in [3.8, 4) is 0 Å². The summed E-state index contributed by atoms with van der Waals surface area (Å²) in [5.41, 5.74) is 0.381. The number of sulfone groups is 1. The van der Waals surface area contributed by atoms with E-state index in [1.165, 1.54) is 6.92 Å². The molecule has 15 nitrogen and oxygen atoms in total. The van der Waals surface area contributed by atoms with Gasteiger partial charge in [0.2, 0.25) is 5.28 Å². The minimum absolute atomic E-state index is 0.108. The van der Waals surface area contributed by atoms with Crippen molar-refractivity contribution in [2.45, 2.75) is 68.4 Å². The Morgan fingerprint density at radius 3 is 2.57 bits per heavy atom. The van der Waals surface area contributed by atoms with E-state index in [0.29, 0.717) is 5.82 Å². The number of nitrogens with zero attached hydrogens (tertiary/aromatic N) is 5. The SMILES string of the molecule is CCS(=O)(=O)C(OC[C@H]1O[C@@H](n2nnc3c(NC4CCCC4)nc(Cl)nc32)[C@H](O)[C@@H]1O)P(=O)(O)O. The highest BCUT2D eigenvalue weighted by molar-refractivity contribution is 7.98. The fourth-order valence-electron chi connectivity index (χ4n) is 4.14. The first-order valence-corrected chi connectivity index (χ1v) is 14.6. The van der Waals surface area contributed by atoms with E-state index in [0.717, 1.165) is 30.4 Å². The summed E-state index contributed by atoms with van der Waals surface area (Å²) in [6.45, 7) is 0.473. The van der Waals surface area contributed by atoms with Crippen LogP contribution in [0.25, 0.3) is 11.2 Å². The molecule has 35 heavy (non-hydrogen) atoms. The summed E-state index contributed by atoms with van der Waals surface area (Å²) in [6.07, 6.45) is -1.78. The minimum Gasteiger partial charge on any atom is -0.387 e. The molecular weight excluding hydrogens is 531 g/mol. The van der Waals surface area contributed by atoms with E-state index >= 15 is 0 Å². The van der Waals surface area contributed by atoms with Gasteiger partial charge in [-0.1, -0.05) is 25.0 Å². The molecule has 1 aliphatic carbocycles. The zero-order chi connectivity index (χ0) is 25.5. The Hall–Kier alpha value is -1.49. The Morgan fingerprint density at radius 1 is 1.26 bits per heavy atom. The molecule has 196 valence electrons. The van der Waals surface area contributed by atoms with Crippen LogP contribution in [-0.2, 0) is 23.9 Å². The van der Waals surface area contributed by atoms with E-state index in [2.05, 4.69) is 25.6 Å². The largest absolute Gasteiger partial charge is 0.387 e. The second kappa shape index (κ2) is 10.1. The van der Waals surface area contributed by atoms with Crippen molar-refractivity contribution in [2.75, 3.05) is 17.7 Å². The molecule has 2 aromatic heterocycles. The number of hydrogen-bond acceptors (Lipinski definition) is 12. The molecule has 1 saturated heterocycles. The Morgan fingerprint density at radius 2 is 1.94 bits per heavy atom. The van der Waals surface area contributed by atoms with Gasteiger partial charge in [-0.2, -0.15) is 14.6 Å². The second-order valence-electron chi connectivity index (χ2n) is 8.40. The van der Waals surface area contributed by atoms with Crippen LogP contribution in [0.1, 0.15) is 38.8 Å². The molecule has 2 fully saturated rings. The maximum absolute atomic E-state index is 12.1. The molecule has 0 bridgehead atoms. The lowest BCUT2D eigenvalue weighted by atomic mass is 10.1. The Bertz CT molecular complexity index is 1220. The highest BCUT2D eigenvalue weighted by atomic mass is 35.5. The molecule has 3 heterocycles. The highest BCUT2D eigenvalue weighted by Crippen LogP contribution is 2.45. The van der Waals surface area contributed by atoms with Crippen LogP contribution in [0.3, 0.4) is 0 Å². The molecular formula is C17H26ClN6O9PS. The predicted octanol–water partition coefficient (Wildman–Crippen LogP) is -0.239. The van der Waals surface area contributed by atoms with Gasteiger partial charge in [-0.3, -0.25) is 4.57 Å². The zero-order valence-electron chi connectivity index (χ0n) is 18.5. The van der Waals surface area contributed by atoms with Crippen molar-refractivity contribution in [1.82, 2.24) is 25.0 Å². The lowest BCUT2D eigenvalue weighted by molar-refractivity contribution is -0.0697. The first kappa shape index (κ1) is 26.6. The van der Waals surface area contributed by atoms with Crippen LogP contribution in [0.2, 0.25) is 5.28 Å². The molecule has 2 aromatic rings. The summed E-state index contributed by atoms with van der Waals surface area (Å²) in [6, 6.07) is 0.187. The molecule has 18 heteroatoms. The lowest BCUT2D eigenvalue weighted by Gasteiger charge is -2.21. The van der Waals surface area contributed by atoms with Gasteiger partial charge in [0.05, 0.1) is 12.4 Å². The molecule has 2 aliphatic rings. The number of anilines is 1. The van der Waals surface area contributed by atoms with Crippen LogP contribution in [0.5, 0.6) is 0 Å². The van der Waals surface area contributed by atoms with E-state index in [4.69, 9.17) is 21.1 Å². The highest BCUT2D eigenvalue weighted by Gasteiger charge is 2.48. The number of ether oxygens (including phenoxy) is 2. The average Bonchev–Trinajstić information content (AvgIpc) is 3.49. The molecule has 5 N–H and O–H groups in total. The fraction of sp³-hybridized carbons (Fsp3) is 0.765. The van der Waals surface area contributed by atoms with Gasteiger partial charge in [0, 0.05) is 6.04 Å². The number of aliphatic hydroxyl groups is 2. The zero-order valence-corrected chi connectivity index (χ0v) is 21.0. The third-order valence-corrected chi connectivity index (χ3v) is 10.2.